The number of fused-ring (bicyclic) bond motifs is 5. The summed E-state index contributed by atoms with van der Waals surface area (Å²) >= 11 is 0. The van der Waals surface area contributed by atoms with Crippen molar-refractivity contribution in [1.29, 1.82) is 0 Å². The number of carboxylic acids is 1. The van der Waals surface area contributed by atoms with Crippen LogP contribution < -0.4 is 0 Å². The Bertz CT molecular complexity index is 605. The van der Waals surface area contributed by atoms with Crippen LogP contribution in [0.5, 0.6) is 0 Å². The summed E-state index contributed by atoms with van der Waals surface area (Å²) in [6.45, 7) is 6.99. The van der Waals surface area contributed by atoms with Gasteiger partial charge >= 0.3 is 5.97 Å². The molecule has 160 valence electrons. The zero-order chi connectivity index (χ0) is 20.3. The van der Waals surface area contributed by atoms with Crippen LogP contribution in [-0.2, 0) is 4.79 Å². The van der Waals surface area contributed by atoms with Crippen LogP contribution in [-0.4, -0.2) is 33.5 Å². The second kappa shape index (κ2) is 7.27. The highest BCUT2D eigenvalue weighted by molar-refractivity contribution is 5.66. The molecule has 0 aromatic rings. The molecule has 10 atom stereocenters. The van der Waals surface area contributed by atoms with Crippen LogP contribution in [0, 0.1) is 46.3 Å². The number of aliphatic hydroxyl groups is 2. The lowest BCUT2D eigenvalue weighted by Gasteiger charge is -2.62. The van der Waals surface area contributed by atoms with Gasteiger partial charge in [-0.15, -0.1) is 0 Å². The number of carbonyl (C=O) groups is 1. The Balaban J connectivity index is 1.56. The Labute approximate surface area is 170 Å². The smallest absolute Gasteiger partial charge is 0.303 e. The Kier molecular flexibility index (Phi) is 5.36. The van der Waals surface area contributed by atoms with Crippen molar-refractivity contribution in [1.82, 2.24) is 0 Å². The number of rotatable bonds is 4. The molecule has 4 heteroatoms. The molecule has 4 rings (SSSR count). The van der Waals surface area contributed by atoms with E-state index in [1.807, 2.05) is 0 Å². The Morgan fingerprint density at radius 2 is 1.79 bits per heavy atom. The normalized spacial score (nSPS) is 51.7. The molecule has 4 fully saturated rings. The van der Waals surface area contributed by atoms with Gasteiger partial charge < -0.3 is 15.3 Å². The molecule has 0 spiro atoms. The minimum atomic E-state index is -0.707. The predicted molar refractivity (Wildman–Crippen MR) is 109 cm³/mol. The van der Waals surface area contributed by atoms with Gasteiger partial charge in [0.25, 0.3) is 0 Å². The number of carboxylic acid groups (broad SMARTS) is 1. The van der Waals surface area contributed by atoms with E-state index in [0.29, 0.717) is 35.5 Å². The lowest BCUT2D eigenvalue weighted by molar-refractivity contribution is -0.175. The molecule has 1 unspecified atom stereocenters. The van der Waals surface area contributed by atoms with Gasteiger partial charge in [0, 0.05) is 6.42 Å². The van der Waals surface area contributed by atoms with E-state index >= 15 is 0 Å². The second-order valence-electron chi connectivity index (χ2n) is 11.3. The van der Waals surface area contributed by atoms with Gasteiger partial charge in [-0.1, -0.05) is 20.8 Å². The van der Waals surface area contributed by atoms with Crippen molar-refractivity contribution in [2.75, 3.05) is 0 Å². The van der Waals surface area contributed by atoms with Gasteiger partial charge in [0.15, 0.2) is 0 Å². The summed E-state index contributed by atoms with van der Waals surface area (Å²) in [5, 5.41) is 30.8. The van der Waals surface area contributed by atoms with Crippen LogP contribution in [0.3, 0.4) is 0 Å². The average molecular weight is 393 g/mol. The molecule has 28 heavy (non-hydrogen) atoms. The second-order valence-corrected chi connectivity index (χ2v) is 11.3. The lowest BCUT2D eigenvalue weighted by atomic mass is 9.43. The third-order valence-corrected chi connectivity index (χ3v) is 10.3. The largest absolute Gasteiger partial charge is 0.481 e. The Morgan fingerprint density at radius 3 is 2.50 bits per heavy atom. The van der Waals surface area contributed by atoms with E-state index in [1.165, 1.54) is 19.3 Å². The monoisotopic (exact) mass is 392 g/mol. The van der Waals surface area contributed by atoms with Gasteiger partial charge in [-0.05, 0) is 104 Å². The molecule has 0 amide bonds. The predicted octanol–water partition coefficient (Wildman–Crippen LogP) is 4.48. The van der Waals surface area contributed by atoms with Gasteiger partial charge in [-0.2, -0.15) is 0 Å². The van der Waals surface area contributed by atoms with E-state index < -0.39 is 5.97 Å². The van der Waals surface area contributed by atoms with E-state index in [1.54, 1.807) is 0 Å². The summed E-state index contributed by atoms with van der Waals surface area (Å²) in [7, 11) is 0. The maximum Gasteiger partial charge on any atom is 0.303 e. The fourth-order valence-corrected chi connectivity index (χ4v) is 8.71. The summed E-state index contributed by atoms with van der Waals surface area (Å²) in [4.78, 5) is 11.1. The molecule has 0 aromatic carbocycles. The van der Waals surface area contributed by atoms with Gasteiger partial charge in [0.05, 0.1) is 12.2 Å². The van der Waals surface area contributed by atoms with Crippen molar-refractivity contribution < 1.29 is 20.1 Å². The van der Waals surface area contributed by atoms with Crippen LogP contribution in [0.4, 0.5) is 0 Å². The number of aliphatic carboxylic acids is 1. The lowest BCUT2D eigenvalue weighted by Crippen LogP contribution is -2.58. The van der Waals surface area contributed by atoms with E-state index in [-0.39, 0.29) is 29.5 Å². The van der Waals surface area contributed by atoms with E-state index in [4.69, 9.17) is 5.11 Å². The SMILES string of the molecule is C[C@H](CCC(=O)O)[C@H]1CC[C@H]2[C@@H]3CC[C@@H]4C[C@H](O)CC[C@]4(C)[C@H]3C[C@H](O)C12C. The number of hydrogen-bond acceptors (Lipinski definition) is 3. The molecule has 0 aromatic heterocycles. The highest BCUT2D eigenvalue weighted by atomic mass is 16.4. The maximum absolute atomic E-state index is 11.5. The Hall–Kier alpha value is -0.610. The molecule has 4 aliphatic carbocycles. The van der Waals surface area contributed by atoms with Crippen molar-refractivity contribution in [2.24, 2.45) is 46.3 Å². The van der Waals surface area contributed by atoms with E-state index in [0.717, 1.165) is 38.5 Å². The first-order chi connectivity index (χ1) is 13.2. The highest BCUT2D eigenvalue weighted by Crippen LogP contribution is 2.68. The summed E-state index contributed by atoms with van der Waals surface area (Å²) < 4.78 is 0. The molecule has 3 N–H and O–H groups in total. The van der Waals surface area contributed by atoms with Crippen LogP contribution in [0.1, 0.15) is 85.0 Å². The topological polar surface area (TPSA) is 77.8 Å². The summed E-state index contributed by atoms with van der Waals surface area (Å²) in [5.41, 5.74) is 0.216. The van der Waals surface area contributed by atoms with E-state index in [2.05, 4.69) is 20.8 Å². The zero-order valence-corrected chi connectivity index (χ0v) is 17.9. The molecule has 0 heterocycles. The fourth-order valence-electron chi connectivity index (χ4n) is 8.71. The number of hydrogen-bond donors (Lipinski definition) is 3. The minimum absolute atomic E-state index is 0.0591. The van der Waals surface area contributed by atoms with Crippen LogP contribution in [0.25, 0.3) is 0 Å². The highest BCUT2D eigenvalue weighted by Gasteiger charge is 2.63. The first-order valence-corrected chi connectivity index (χ1v) is 11.8. The summed E-state index contributed by atoms with van der Waals surface area (Å²) in [5.74, 6) is 2.55. The van der Waals surface area contributed by atoms with Crippen LogP contribution in [0.2, 0.25) is 0 Å². The average Bonchev–Trinajstić information content (AvgIpc) is 3.00. The third kappa shape index (κ3) is 3.05. The molecule has 4 saturated carbocycles. The minimum Gasteiger partial charge on any atom is -0.481 e. The first kappa shape index (κ1) is 20.7. The molecular weight excluding hydrogens is 352 g/mol. The van der Waals surface area contributed by atoms with E-state index in [9.17, 15) is 15.0 Å². The molecule has 0 bridgehead atoms. The molecule has 0 aliphatic heterocycles. The van der Waals surface area contributed by atoms with Gasteiger partial charge in [0.2, 0.25) is 0 Å². The summed E-state index contributed by atoms with van der Waals surface area (Å²) in [6, 6.07) is 0. The molecule has 4 aliphatic rings. The standard InChI is InChI=1S/C24H40O4/c1-14(4-9-22(27)28)18-7-8-19-17-6-5-15-12-16(25)10-11-23(15,2)20(17)13-21(26)24(18,19)3/h14-21,25-26H,4-13H2,1-3H3,(H,27,28)/t14-,15-,16-,17+,18-,19+,20+,21+,23+,24?/m1/s1. The van der Waals surface area contributed by atoms with Gasteiger partial charge in [0.1, 0.15) is 0 Å². The van der Waals surface area contributed by atoms with Crippen LogP contribution >= 0.6 is 0 Å². The van der Waals surface area contributed by atoms with Crippen molar-refractivity contribution in [3.63, 3.8) is 0 Å². The van der Waals surface area contributed by atoms with Gasteiger partial charge in [-0.3, -0.25) is 4.79 Å². The van der Waals surface area contributed by atoms with Crippen molar-refractivity contribution in [3.05, 3.63) is 0 Å². The first-order valence-electron chi connectivity index (χ1n) is 11.8. The number of aliphatic hydroxyl groups excluding tert-OH is 2. The van der Waals surface area contributed by atoms with Crippen molar-refractivity contribution >= 4 is 5.97 Å². The van der Waals surface area contributed by atoms with Gasteiger partial charge in [-0.25, -0.2) is 0 Å². The quantitative estimate of drug-likeness (QED) is 0.659. The fraction of sp³-hybridized carbons (Fsp3) is 0.958. The van der Waals surface area contributed by atoms with Crippen molar-refractivity contribution in [2.45, 2.75) is 97.2 Å². The molecular formula is C24H40O4. The molecule has 0 radical (unpaired) electrons. The Morgan fingerprint density at radius 1 is 1.04 bits per heavy atom. The van der Waals surface area contributed by atoms with Crippen LogP contribution in [0.15, 0.2) is 0 Å². The summed E-state index contributed by atoms with van der Waals surface area (Å²) in [6.07, 6.45) is 9.26. The zero-order valence-electron chi connectivity index (χ0n) is 17.9. The third-order valence-electron chi connectivity index (χ3n) is 10.3. The molecule has 4 nitrogen and oxygen atoms in total. The van der Waals surface area contributed by atoms with Crippen molar-refractivity contribution in [3.8, 4) is 0 Å². The maximum atomic E-state index is 11.5. The molecule has 0 saturated heterocycles.